The van der Waals surface area contributed by atoms with Crippen molar-refractivity contribution < 1.29 is 28.2 Å². The molecule has 1 unspecified atom stereocenters. The van der Waals surface area contributed by atoms with Crippen molar-refractivity contribution >= 4 is 11.8 Å². The van der Waals surface area contributed by atoms with Crippen LogP contribution in [0.25, 0.3) is 5.69 Å². The summed E-state index contributed by atoms with van der Waals surface area (Å²) in [5.74, 6) is -3.01. The van der Waals surface area contributed by atoms with Crippen LogP contribution in [0.4, 0.5) is 8.78 Å². The molecule has 0 saturated carbocycles. The Kier molecular flexibility index (Phi) is 6.71. The first-order chi connectivity index (χ1) is 14.6. The van der Waals surface area contributed by atoms with Crippen molar-refractivity contribution in [2.24, 2.45) is 5.41 Å². The number of benzene rings is 1. The molecule has 1 aromatic carbocycles. The molecule has 1 aromatic heterocycles. The molecule has 0 saturated heterocycles. The predicted molar refractivity (Wildman–Crippen MR) is 108 cm³/mol. The van der Waals surface area contributed by atoms with Crippen LogP contribution in [0.5, 0.6) is 0 Å². The molecule has 0 bridgehead atoms. The number of nitrogens with zero attached hydrogens (tertiary/aromatic N) is 2. The van der Waals surface area contributed by atoms with Crippen LogP contribution in [0.1, 0.15) is 42.5 Å². The Hall–Kier alpha value is -2.85. The summed E-state index contributed by atoms with van der Waals surface area (Å²) in [5, 5.41) is 18.6. The summed E-state index contributed by atoms with van der Waals surface area (Å²) in [6.07, 6.45) is 0.439. The molecule has 168 valence electrons. The molecule has 2 heterocycles. The number of hydrogen-bond donors (Lipinski definition) is 3. The fourth-order valence-electron chi connectivity index (χ4n) is 3.41. The number of hydrogen-bond acceptors (Lipinski definition) is 5. The number of amides is 2. The molecule has 0 fully saturated rings. The molecule has 0 radical (unpaired) electrons. The van der Waals surface area contributed by atoms with Gasteiger partial charge in [-0.15, -0.1) is 0 Å². The number of aromatic nitrogens is 2. The maximum atomic E-state index is 13.8. The van der Waals surface area contributed by atoms with E-state index in [9.17, 15) is 18.4 Å². The van der Waals surface area contributed by atoms with Gasteiger partial charge in [-0.05, 0) is 17.5 Å². The topological polar surface area (TPSA) is 105 Å². The number of rotatable bonds is 6. The van der Waals surface area contributed by atoms with E-state index in [0.717, 1.165) is 12.1 Å². The van der Waals surface area contributed by atoms with E-state index in [0.29, 0.717) is 24.3 Å². The van der Waals surface area contributed by atoms with Gasteiger partial charge in [0.05, 0.1) is 31.2 Å². The summed E-state index contributed by atoms with van der Waals surface area (Å²) in [4.78, 5) is 25.6. The van der Waals surface area contributed by atoms with E-state index in [2.05, 4.69) is 15.7 Å². The molecule has 1 atom stereocenters. The zero-order valence-corrected chi connectivity index (χ0v) is 17.7. The Morgan fingerprint density at radius 2 is 2.03 bits per heavy atom. The lowest BCUT2D eigenvalue weighted by Gasteiger charge is -2.30. The Bertz CT molecular complexity index is 984. The van der Waals surface area contributed by atoms with Gasteiger partial charge in [0.15, 0.2) is 17.3 Å². The summed E-state index contributed by atoms with van der Waals surface area (Å²) >= 11 is 0. The zero-order chi connectivity index (χ0) is 22.8. The molecular weight excluding hydrogens is 410 g/mol. The van der Waals surface area contributed by atoms with Crippen molar-refractivity contribution in [3.63, 3.8) is 0 Å². The molecule has 1 aliphatic rings. The SMILES string of the molecule is CC(C)(C)C(NC(=O)c1nn(-c2ccc(F)c(F)c2)c2c1COCC2)C(=O)NCCO. The Morgan fingerprint density at radius 1 is 1.29 bits per heavy atom. The second-order valence-corrected chi connectivity index (χ2v) is 8.37. The van der Waals surface area contributed by atoms with Gasteiger partial charge in [-0.1, -0.05) is 20.8 Å². The van der Waals surface area contributed by atoms with Crippen molar-refractivity contribution in [1.82, 2.24) is 20.4 Å². The number of fused-ring (bicyclic) bond motifs is 1. The molecule has 3 N–H and O–H groups in total. The minimum Gasteiger partial charge on any atom is -0.395 e. The predicted octanol–water partition coefficient (Wildman–Crippen LogP) is 1.48. The largest absolute Gasteiger partial charge is 0.395 e. The fourth-order valence-corrected chi connectivity index (χ4v) is 3.41. The highest BCUT2D eigenvalue weighted by Gasteiger charge is 2.35. The number of aliphatic hydroxyl groups is 1. The van der Waals surface area contributed by atoms with Crippen molar-refractivity contribution in [1.29, 1.82) is 0 Å². The quantitative estimate of drug-likeness (QED) is 0.636. The zero-order valence-electron chi connectivity index (χ0n) is 17.7. The average molecular weight is 436 g/mol. The fraction of sp³-hybridized carbons (Fsp3) is 0.476. The van der Waals surface area contributed by atoms with Gasteiger partial charge < -0.3 is 20.5 Å². The monoisotopic (exact) mass is 436 g/mol. The second kappa shape index (κ2) is 9.11. The van der Waals surface area contributed by atoms with Crippen LogP contribution in [0, 0.1) is 17.0 Å². The van der Waals surface area contributed by atoms with Crippen LogP contribution >= 0.6 is 0 Å². The first-order valence-corrected chi connectivity index (χ1v) is 9.97. The highest BCUT2D eigenvalue weighted by molar-refractivity contribution is 5.97. The summed E-state index contributed by atoms with van der Waals surface area (Å²) in [5.41, 5.74) is 0.929. The van der Waals surface area contributed by atoms with E-state index in [-0.39, 0.29) is 31.1 Å². The Morgan fingerprint density at radius 3 is 2.68 bits per heavy atom. The van der Waals surface area contributed by atoms with Gasteiger partial charge in [0.2, 0.25) is 5.91 Å². The minimum atomic E-state index is -1.02. The second-order valence-electron chi connectivity index (χ2n) is 8.37. The molecule has 0 aliphatic carbocycles. The number of carbonyl (C=O) groups is 2. The van der Waals surface area contributed by atoms with Gasteiger partial charge in [-0.3, -0.25) is 9.59 Å². The first-order valence-electron chi connectivity index (χ1n) is 9.97. The van der Waals surface area contributed by atoms with E-state index in [4.69, 9.17) is 9.84 Å². The molecule has 0 spiro atoms. The van der Waals surface area contributed by atoms with Crippen LogP contribution in [0.2, 0.25) is 0 Å². The third-order valence-electron chi connectivity index (χ3n) is 5.00. The molecule has 1 aliphatic heterocycles. The van der Waals surface area contributed by atoms with E-state index < -0.39 is 34.9 Å². The average Bonchev–Trinajstić information content (AvgIpc) is 3.11. The van der Waals surface area contributed by atoms with Crippen molar-refractivity contribution in [2.75, 3.05) is 19.8 Å². The highest BCUT2D eigenvalue weighted by Crippen LogP contribution is 2.26. The summed E-state index contributed by atoms with van der Waals surface area (Å²) in [6, 6.07) is 2.50. The number of halogens is 2. The van der Waals surface area contributed by atoms with E-state index >= 15 is 0 Å². The van der Waals surface area contributed by atoms with Gasteiger partial charge in [0, 0.05) is 24.6 Å². The van der Waals surface area contributed by atoms with Gasteiger partial charge >= 0.3 is 0 Å². The van der Waals surface area contributed by atoms with Crippen LogP contribution < -0.4 is 10.6 Å². The summed E-state index contributed by atoms with van der Waals surface area (Å²) in [6.45, 7) is 5.78. The lowest BCUT2D eigenvalue weighted by atomic mass is 9.86. The molecule has 3 rings (SSSR count). The summed E-state index contributed by atoms with van der Waals surface area (Å²) in [7, 11) is 0. The van der Waals surface area contributed by atoms with E-state index in [1.54, 1.807) is 20.8 Å². The van der Waals surface area contributed by atoms with Crippen LogP contribution in [-0.4, -0.2) is 52.5 Å². The van der Waals surface area contributed by atoms with E-state index in [1.807, 2.05) is 0 Å². The smallest absolute Gasteiger partial charge is 0.272 e. The van der Waals surface area contributed by atoms with Crippen molar-refractivity contribution in [2.45, 2.75) is 39.8 Å². The normalized spacial score (nSPS) is 14.6. The standard InChI is InChI=1S/C21H26F2N4O4/c1-21(2,3)18(20(30)24-7-8-28)25-19(29)17-13-11-31-9-6-16(13)27(26-17)12-4-5-14(22)15(23)10-12/h4-5,10,18,28H,6-9,11H2,1-3H3,(H,24,30)(H,25,29). The maximum absolute atomic E-state index is 13.8. The van der Waals surface area contributed by atoms with E-state index in [1.165, 1.54) is 10.7 Å². The van der Waals surface area contributed by atoms with Gasteiger partial charge in [-0.2, -0.15) is 5.10 Å². The van der Waals surface area contributed by atoms with Gasteiger partial charge in [0.25, 0.3) is 5.91 Å². The first kappa shape index (κ1) is 22.8. The maximum Gasteiger partial charge on any atom is 0.272 e. The number of ether oxygens (including phenoxy) is 1. The molecule has 8 nitrogen and oxygen atoms in total. The number of carbonyl (C=O) groups excluding carboxylic acids is 2. The third kappa shape index (κ3) is 4.91. The molecular formula is C21H26F2N4O4. The van der Waals surface area contributed by atoms with Gasteiger partial charge in [0.1, 0.15) is 6.04 Å². The number of aliphatic hydroxyl groups excluding tert-OH is 1. The van der Waals surface area contributed by atoms with Gasteiger partial charge in [-0.25, -0.2) is 13.5 Å². The number of nitrogens with one attached hydrogen (secondary N) is 2. The minimum absolute atomic E-state index is 0.0589. The highest BCUT2D eigenvalue weighted by atomic mass is 19.2. The molecule has 10 heteroatoms. The molecule has 2 amide bonds. The van der Waals surface area contributed by atoms with Crippen LogP contribution in [-0.2, 0) is 22.6 Å². The lowest BCUT2D eigenvalue weighted by molar-refractivity contribution is -0.125. The van der Waals surface area contributed by atoms with Crippen molar-refractivity contribution in [3.05, 3.63) is 46.8 Å². The molecule has 31 heavy (non-hydrogen) atoms. The van der Waals surface area contributed by atoms with Crippen LogP contribution in [0.15, 0.2) is 18.2 Å². The Labute approximate surface area is 178 Å². The third-order valence-corrected chi connectivity index (χ3v) is 5.00. The van der Waals surface area contributed by atoms with Crippen LogP contribution in [0.3, 0.4) is 0 Å². The Balaban J connectivity index is 1.96. The van der Waals surface area contributed by atoms with Crippen molar-refractivity contribution in [3.8, 4) is 5.69 Å². The molecule has 2 aromatic rings. The lowest BCUT2D eigenvalue weighted by Crippen LogP contribution is -2.54. The summed E-state index contributed by atoms with van der Waals surface area (Å²) < 4.78 is 34.0.